The zero-order valence-electron chi connectivity index (χ0n) is 6.08. The molecular weight excluding hydrogens is 139 g/mol. The predicted molar refractivity (Wildman–Crippen MR) is 7.61 cm³/mol. The third kappa shape index (κ3) is 103. The number of rotatable bonds is 0. The average Bonchev–Trinajstić information content (AvgIpc) is 0.722. The summed E-state index contributed by atoms with van der Waals surface area (Å²) in [6, 6.07) is 0. The van der Waals surface area contributed by atoms with Crippen LogP contribution in [0, 0.1) is 0 Å². The largest absolute Gasteiger partial charge is 1.00 e. The Bertz CT molecular complexity index is 61.9. The van der Waals surface area contributed by atoms with Gasteiger partial charge in [-0.1, -0.05) is 0 Å². The molecule has 0 aliphatic carbocycles. The predicted octanol–water partition coefficient (Wildman–Crippen LogP) is -14.8. The molecule has 0 bridgehead atoms. The second-order valence-corrected chi connectivity index (χ2v) is 1.34. The summed E-state index contributed by atoms with van der Waals surface area (Å²) in [4.78, 5) is 25.6. The van der Waals surface area contributed by atoms with Crippen LogP contribution in [0.3, 0.4) is 0 Å². The van der Waals surface area contributed by atoms with Crippen molar-refractivity contribution in [3.05, 3.63) is 0 Å². The van der Waals surface area contributed by atoms with Gasteiger partial charge in [0.15, 0.2) is 0 Å². The van der Waals surface area contributed by atoms with Gasteiger partial charge in [-0.2, -0.15) is 7.82 Å². The van der Waals surface area contributed by atoms with Crippen LogP contribution >= 0.6 is 7.82 Å². The van der Waals surface area contributed by atoms with Crippen molar-refractivity contribution < 1.29 is 105 Å². The second-order valence-electron chi connectivity index (χ2n) is 0.447. The van der Waals surface area contributed by atoms with Crippen LogP contribution in [0.5, 0.6) is 0 Å². The van der Waals surface area contributed by atoms with Gasteiger partial charge in [-0.25, -0.2) is 0 Å². The number of hydrogen-bond donors (Lipinski definition) is 0. The Kier molecular flexibility index (Phi) is 44.5. The normalized spacial score (nSPS) is 6.56. The van der Waals surface area contributed by atoms with Gasteiger partial charge in [0.1, 0.15) is 0 Å². The molecule has 0 rings (SSSR count). The van der Waals surface area contributed by atoms with Gasteiger partial charge in [-0.05, 0) is 0 Å². The van der Waals surface area contributed by atoms with Gasteiger partial charge >= 0.3 is 86.1 Å². The van der Waals surface area contributed by atoms with E-state index < -0.39 is 7.82 Å². The number of phosphoric acid groups is 1. The minimum atomic E-state index is -5.39. The van der Waals surface area contributed by atoms with Gasteiger partial charge < -0.3 is 19.2 Å². The first kappa shape index (κ1) is 29.7. The molecule has 0 aromatic heterocycles. The molecule has 0 aliphatic rings. The van der Waals surface area contributed by atoms with E-state index in [0.29, 0.717) is 0 Å². The summed E-state index contributed by atoms with van der Waals surface area (Å²) >= 11 is 0. The van der Waals surface area contributed by atoms with Crippen molar-refractivity contribution in [1.29, 1.82) is 0 Å². The van der Waals surface area contributed by atoms with E-state index in [1.807, 2.05) is 0 Å². The van der Waals surface area contributed by atoms with Crippen molar-refractivity contribution in [1.82, 2.24) is 0 Å². The van der Waals surface area contributed by atoms with Crippen molar-refractivity contribution in [3.8, 4) is 0 Å². The molecule has 0 atom stereocenters. The maximum absolute atomic E-state index is 8.55. The van der Waals surface area contributed by atoms with E-state index in [9.17, 15) is 0 Å². The molecule has 0 saturated carbocycles. The topological polar surface area (TPSA) is 86.2 Å². The Morgan fingerprint density at radius 2 is 0.889 bits per heavy atom. The standard InChI is InChI=1S/3Li.Na.H3O4P/c;;;;1-5(2,3)4/h;;;;(H3,1,2,3,4)/q4*+1;/p-3. The molecule has 32 valence electrons. The summed E-state index contributed by atoms with van der Waals surface area (Å²) in [5, 5.41) is 0. The first-order valence-corrected chi connectivity index (χ1v) is 2.19. The van der Waals surface area contributed by atoms with Gasteiger partial charge in [0.25, 0.3) is 0 Å². The maximum atomic E-state index is 8.55. The number of hydrogen-bond acceptors (Lipinski definition) is 4. The second kappa shape index (κ2) is 13.5. The van der Waals surface area contributed by atoms with Crippen molar-refractivity contribution in [2.45, 2.75) is 0 Å². The van der Waals surface area contributed by atoms with Crippen LogP contribution in [-0.4, -0.2) is 0 Å². The summed E-state index contributed by atoms with van der Waals surface area (Å²) < 4.78 is 8.55. The van der Waals surface area contributed by atoms with E-state index in [1.54, 1.807) is 0 Å². The Labute approximate surface area is 112 Å². The molecule has 4 nitrogen and oxygen atoms in total. The Morgan fingerprint density at radius 1 is 0.889 bits per heavy atom. The zero-order valence-corrected chi connectivity index (χ0v) is 8.97. The first-order chi connectivity index (χ1) is 2.00. The Hall–Kier alpha value is 2.90. The van der Waals surface area contributed by atoms with E-state index in [4.69, 9.17) is 19.2 Å². The molecule has 9 heavy (non-hydrogen) atoms. The van der Waals surface area contributed by atoms with Gasteiger partial charge in [0.05, 0.1) is 0 Å². The van der Waals surface area contributed by atoms with Crippen molar-refractivity contribution in [2.75, 3.05) is 0 Å². The smallest absolute Gasteiger partial charge is 0.822 e. The van der Waals surface area contributed by atoms with Crippen molar-refractivity contribution in [3.63, 3.8) is 0 Å². The molecule has 0 amide bonds. The minimum absolute atomic E-state index is 0. The van der Waals surface area contributed by atoms with E-state index in [1.165, 1.54) is 0 Å². The molecule has 0 aromatic carbocycles. The summed E-state index contributed by atoms with van der Waals surface area (Å²) in [6.45, 7) is 0. The minimum Gasteiger partial charge on any atom is -0.822 e. The van der Waals surface area contributed by atoms with Gasteiger partial charge in [0, 0.05) is 0 Å². The molecule has 0 N–H and O–H groups in total. The quantitative estimate of drug-likeness (QED) is 0.246. The fourth-order valence-corrected chi connectivity index (χ4v) is 0. The van der Waals surface area contributed by atoms with Gasteiger partial charge in [-0.3, -0.25) is 0 Å². The van der Waals surface area contributed by atoms with E-state index in [2.05, 4.69) is 0 Å². The third-order valence-electron chi connectivity index (χ3n) is 0. The van der Waals surface area contributed by atoms with Crippen molar-refractivity contribution in [2.24, 2.45) is 0 Å². The van der Waals surface area contributed by atoms with Crippen LogP contribution < -0.4 is 101 Å². The molecule has 0 saturated heterocycles. The maximum Gasteiger partial charge on any atom is 1.00 e. The monoisotopic (exact) mass is 139 g/mol. The molecule has 0 fully saturated rings. The Balaban J connectivity index is -0.0000000133. The summed E-state index contributed by atoms with van der Waals surface area (Å²) in [7, 11) is -5.39. The van der Waals surface area contributed by atoms with E-state index in [0.717, 1.165) is 0 Å². The molecule has 9 heteroatoms. The molecule has 0 unspecified atom stereocenters. The summed E-state index contributed by atoms with van der Waals surface area (Å²) in [6.07, 6.45) is 0. The van der Waals surface area contributed by atoms with Crippen LogP contribution in [0.2, 0.25) is 0 Å². The molecular formula is Li3NaO4P+. The molecule has 0 radical (unpaired) electrons. The summed E-state index contributed by atoms with van der Waals surface area (Å²) in [5.74, 6) is 0. The fraction of sp³-hybridized carbons (Fsp3) is 0. The Morgan fingerprint density at radius 3 is 0.889 bits per heavy atom. The van der Waals surface area contributed by atoms with Crippen LogP contribution in [0.1, 0.15) is 0 Å². The van der Waals surface area contributed by atoms with Crippen LogP contribution in [0.25, 0.3) is 0 Å². The van der Waals surface area contributed by atoms with E-state index in [-0.39, 0.29) is 86.1 Å². The zero-order chi connectivity index (χ0) is 4.50. The molecule has 0 heterocycles. The molecule has 0 aliphatic heterocycles. The fourth-order valence-electron chi connectivity index (χ4n) is 0. The van der Waals surface area contributed by atoms with Gasteiger partial charge in [-0.15, -0.1) is 0 Å². The molecule has 0 aromatic rings. The molecule has 0 spiro atoms. The summed E-state index contributed by atoms with van der Waals surface area (Å²) in [5.41, 5.74) is 0. The van der Waals surface area contributed by atoms with Crippen molar-refractivity contribution >= 4 is 7.82 Å². The van der Waals surface area contributed by atoms with Crippen LogP contribution in [0.4, 0.5) is 0 Å². The SMILES string of the molecule is O=P([O-])([O-])[O-].[Li+].[Li+].[Li+].[Na+]. The van der Waals surface area contributed by atoms with Gasteiger partial charge in [0.2, 0.25) is 0 Å². The average molecular weight is 139 g/mol. The van der Waals surface area contributed by atoms with E-state index >= 15 is 0 Å². The van der Waals surface area contributed by atoms with Crippen LogP contribution in [0.15, 0.2) is 0 Å². The third-order valence-corrected chi connectivity index (χ3v) is 0. The first-order valence-electron chi connectivity index (χ1n) is 0.730. The van der Waals surface area contributed by atoms with Crippen LogP contribution in [-0.2, 0) is 4.57 Å².